The third kappa shape index (κ3) is 4.92. The summed E-state index contributed by atoms with van der Waals surface area (Å²) >= 11 is 0. The summed E-state index contributed by atoms with van der Waals surface area (Å²) in [7, 11) is -1.42. The summed E-state index contributed by atoms with van der Waals surface area (Å²) in [4.78, 5) is 4.72. The lowest BCUT2D eigenvalue weighted by Gasteiger charge is -2.04. The first kappa shape index (κ1) is 12.2. The molecule has 0 saturated carbocycles. The molecule has 0 aromatic heterocycles. The second-order valence-electron chi connectivity index (χ2n) is 3.42. The van der Waals surface area contributed by atoms with Crippen molar-refractivity contribution >= 4 is 9.84 Å². The van der Waals surface area contributed by atoms with E-state index in [1.807, 2.05) is 18.2 Å². The highest BCUT2D eigenvalue weighted by atomic mass is 32.2. The molecule has 0 aliphatic heterocycles. The molecule has 0 spiro atoms. The Bertz CT molecular complexity index is 414. The summed E-state index contributed by atoms with van der Waals surface area (Å²) in [6, 6.07) is 7.41. The number of rotatable bonds is 5. The van der Waals surface area contributed by atoms with E-state index in [0.717, 1.165) is 11.1 Å². The smallest absolute Gasteiger partial charge is 0.151 e. The molecular formula is C10H15NO3S. The van der Waals surface area contributed by atoms with E-state index in [1.54, 1.807) is 13.2 Å². The van der Waals surface area contributed by atoms with E-state index in [2.05, 4.69) is 5.48 Å². The Balaban J connectivity index is 2.74. The molecule has 0 fully saturated rings. The lowest BCUT2D eigenvalue weighted by molar-refractivity contribution is 0.0867. The molecule has 5 heteroatoms. The third-order valence-electron chi connectivity index (χ3n) is 1.84. The van der Waals surface area contributed by atoms with Gasteiger partial charge in [0.1, 0.15) is 0 Å². The maximum Gasteiger partial charge on any atom is 0.151 e. The first-order chi connectivity index (χ1) is 7.01. The van der Waals surface area contributed by atoms with Crippen molar-refractivity contribution in [2.24, 2.45) is 0 Å². The van der Waals surface area contributed by atoms with E-state index in [9.17, 15) is 8.42 Å². The minimum Gasteiger partial charge on any atom is -0.305 e. The van der Waals surface area contributed by atoms with Crippen molar-refractivity contribution in [2.75, 3.05) is 13.4 Å². The third-order valence-corrected chi connectivity index (χ3v) is 2.70. The minimum atomic E-state index is -2.97. The molecule has 1 aromatic rings. The molecule has 0 amide bonds. The van der Waals surface area contributed by atoms with Crippen LogP contribution in [0.3, 0.4) is 0 Å². The predicted octanol–water partition coefficient (Wildman–Crippen LogP) is 0.882. The van der Waals surface area contributed by atoms with Crippen molar-refractivity contribution < 1.29 is 13.3 Å². The molecule has 84 valence electrons. The normalized spacial score (nSPS) is 11.6. The number of hydroxylamine groups is 1. The van der Waals surface area contributed by atoms with Gasteiger partial charge in [0, 0.05) is 12.8 Å². The zero-order valence-electron chi connectivity index (χ0n) is 8.86. The minimum absolute atomic E-state index is 0.0772. The van der Waals surface area contributed by atoms with Gasteiger partial charge in [-0.3, -0.25) is 0 Å². The van der Waals surface area contributed by atoms with Gasteiger partial charge in [0.05, 0.1) is 12.9 Å². The van der Waals surface area contributed by atoms with Crippen LogP contribution in [0.5, 0.6) is 0 Å². The van der Waals surface area contributed by atoms with E-state index < -0.39 is 9.84 Å². The Kier molecular flexibility index (Phi) is 4.26. The van der Waals surface area contributed by atoms with E-state index in [1.165, 1.54) is 6.26 Å². The molecule has 0 heterocycles. The number of sulfone groups is 1. The molecule has 0 radical (unpaired) electrons. The molecule has 1 N–H and O–H groups in total. The van der Waals surface area contributed by atoms with Crippen molar-refractivity contribution in [3.63, 3.8) is 0 Å². The van der Waals surface area contributed by atoms with Crippen LogP contribution in [0.25, 0.3) is 0 Å². The van der Waals surface area contributed by atoms with Crippen LogP contribution in [0.1, 0.15) is 11.1 Å². The average molecular weight is 229 g/mol. The largest absolute Gasteiger partial charge is 0.305 e. The first-order valence-corrected chi connectivity index (χ1v) is 6.59. The topological polar surface area (TPSA) is 55.4 Å². The van der Waals surface area contributed by atoms with Gasteiger partial charge in [-0.25, -0.2) is 8.42 Å². The number of benzene rings is 1. The zero-order valence-corrected chi connectivity index (χ0v) is 9.67. The van der Waals surface area contributed by atoms with Crippen molar-refractivity contribution in [1.29, 1.82) is 0 Å². The number of nitrogens with one attached hydrogen (secondary N) is 1. The summed E-state index contributed by atoms with van der Waals surface area (Å²) < 4.78 is 22.2. The number of hydrogen-bond donors (Lipinski definition) is 1. The predicted molar refractivity (Wildman–Crippen MR) is 58.8 cm³/mol. The average Bonchev–Trinajstić information content (AvgIpc) is 2.12. The highest BCUT2D eigenvalue weighted by Gasteiger charge is 2.04. The molecule has 0 saturated heterocycles. The van der Waals surface area contributed by atoms with Gasteiger partial charge < -0.3 is 4.84 Å². The molecule has 0 aliphatic rings. The molecule has 1 rings (SSSR count). The monoisotopic (exact) mass is 229 g/mol. The zero-order chi connectivity index (χ0) is 11.3. The summed E-state index contributed by atoms with van der Waals surface area (Å²) in [6.45, 7) is 0.564. The van der Waals surface area contributed by atoms with Gasteiger partial charge in [0.2, 0.25) is 0 Å². The second kappa shape index (κ2) is 5.25. The van der Waals surface area contributed by atoms with Crippen molar-refractivity contribution in [3.8, 4) is 0 Å². The van der Waals surface area contributed by atoms with Crippen LogP contribution in [0, 0.1) is 0 Å². The molecule has 0 atom stereocenters. The Morgan fingerprint density at radius 2 is 2.00 bits per heavy atom. The summed E-state index contributed by atoms with van der Waals surface area (Å²) in [6.07, 6.45) is 1.23. The van der Waals surface area contributed by atoms with Crippen molar-refractivity contribution in [2.45, 2.75) is 12.3 Å². The Labute approximate surface area is 90.1 Å². The van der Waals surface area contributed by atoms with Gasteiger partial charge in [0.25, 0.3) is 0 Å². The molecule has 0 unspecified atom stereocenters. The highest BCUT2D eigenvalue weighted by Crippen LogP contribution is 2.08. The lowest BCUT2D eigenvalue weighted by atomic mass is 10.1. The van der Waals surface area contributed by atoms with Gasteiger partial charge in [-0.05, 0) is 11.1 Å². The van der Waals surface area contributed by atoms with Crippen molar-refractivity contribution in [3.05, 3.63) is 35.4 Å². The van der Waals surface area contributed by atoms with Crippen LogP contribution in [0.15, 0.2) is 24.3 Å². The summed E-state index contributed by atoms with van der Waals surface area (Å²) in [5.74, 6) is 0.0772. The second-order valence-corrected chi connectivity index (χ2v) is 5.56. The maximum absolute atomic E-state index is 11.1. The fraction of sp³-hybridized carbons (Fsp3) is 0.400. The van der Waals surface area contributed by atoms with Crippen molar-refractivity contribution in [1.82, 2.24) is 5.48 Å². The van der Waals surface area contributed by atoms with E-state index in [-0.39, 0.29) is 5.75 Å². The first-order valence-electron chi connectivity index (χ1n) is 4.52. The van der Waals surface area contributed by atoms with Crippen LogP contribution in [0.4, 0.5) is 0 Å². The van der Waals surface area contributed by atoms with Gasteiger partial charge in [-0.2, -0.15) is 5.48 Å². The SMILES string of the molecule is CONCc1cccc(CS(C)(=O)=O)c1. The fourth-order valence-electron chi connectivity index (χ4n) is 1.29. The number of hydrogen-bond acceptors (Lipinski definition) is 4. The van der Waals surface area contributed by atoms with Gasteiger partial charge in [-0.1, -0.05) is 24.3 Å². The van der Waals surface area contributed by atoms with E-state index >= 15 is 0 Å². The lowest BCUT2D eigenvalue weighted by Crippen LogP contribution is -2.11. The van der Waals surface area contributed by atoms with Crippen LogP contribution < -0.4 is 5.48 Å². The highest BCUT2D eigenvalue weighted by molar-refractivity contribution is 7.89. The van der Waals surface area contributed by atoms with Gasteiger partial charge in [0.15, 0.2) is 9.84 Å². The quantitative estimate of drug-likeness (QED) is 0.762. The van der Waals surface area contributed by atoms with Gasteiger partial charge in [-0.15, -0.1) is 0 Å². The van der Waals surface area contributed by atoms with Crippen LogP contribution in [0.2, 0.25) is 0 Å². The summed E-state index contributed by atoms with van der Waals surface area (Å²) in [5.41, 5.74) is 4.50. The maximum atomic E-state index is 11.1. The molecule has 4 nitrogen and oxygen atoms in total. The van der Waals surface area contributed by atoms with Crippen LogP contribution >= 0.6 is 0 Å². The van der Waals surface area contributed by atoms with Gasteiger partial charge >= 0.3 is 0 Å². The Morgan fingerprint density at radius 1 is 1.33 bits per heavy atom. The molecule has 0 aliphatic carbocycles. The Morgan fingerprint density at radius 3 is 2.60 bits per heavy atom. The van der Waals surface area contributed by atoms with E-state index in [4.69, 9.17) is 4.84 Å². The molecule has 1 aromatic carbocycles. The molecule has 0 bridgehead atoms. The fourth-order valence-corrected chi connectivity index (χ4v) is 2.07. The molecule has 15 heavy (non-hydrogen) atoms. The van der Waals surface area contributed by atoms with E-state index in [0.29, 0.717) is 6.54 Å². The molecular weight excluding hydrogens is 214 g/mol. The standard InChI is InChI=1S/C10H15NO3S/c1-14-11-7-9-4-3-5-10(6-9)8-15(2,12)13/h3-6,11H,7-8H2,1-2H3. The van der Waals surface area contributed by atoms with Crippen LogP contribution in [-0.2, 0) is 27.0 Å². The van der Waals surface area contributed by atoms with Crippen LogP contribution in [-0.4, -0.2) is 21.8 Å². The summed E-state index contributed by atoms with van der Waals surface area (Å²) in [5, 5.41) is 0. The Hall–Kier alpha value is -0.910.